The molecule has 4 nitrogen and oxygen atoms in total. The number of nitrogens with one attached hydrogen (secondary N) is 1. The van der Waals surface area contributed by atoms with Crippen LogP contribution in [0.2, 0.25) is 0 Å². The minimum atomic E-state index is 0.153. The van der Waals surface area contributed by atoms with Gasteiger partial charge in [0.2, 0.25) is 5.91 Å². The van der Waals surface area contributed by atoms with Gasteiger partial charge in [0.15, 0.2) is 0 Å². The van der Waals surface area contributed by atoms with Gasteiger partial charge in [-0.25, -0.2) is 0 Å². The Kier molecular flexibility index (Phi) is 3.97. The molecule has 1 aliphatic rings. The maximum atomic E-state index is 12.2. The smallest absolute Gasteiger partial charge is 0.242 e. The molecule has 0 unspecified atom stereocenters. The van der Waals surface area contributed by atoms with Crippen LogP contribution < -0.4 is 5.32 Å². The van der Waals surface area contributed by atoms with Gasteiger partial charge in [-0.15, -0.1) is 0 Å². The average Bonchev–Trinajstić information content (AvgIpc) is 3.28. The van der Waals surface area contributed by atoms with E-state index >= 15 is 0 Å². The zero-order valence-electron chi connectivity index (χ0n) is 12.8. The zero-order chi connectivity index (χ0) is 14.8. The van der Waals surface area contributed by atoms with Gasteiger partial charge in [0, 0.05) is 43.3 Å². The molecule has 0 radical (unpaired) electrons. The molecular formula is C17H23N3O. The molecule has 1 heterocycles. The molecule has 1 N–H and O–H groups in total. The molecule has 0 atom stereocenters. The van der Waals surface area contributed by atoms with Crippen molar-refractivity contribution < 1.29 is 4.79 Å². The van der Waals surface area contributed by atoms with Gasteiger partial charge >= 0.3 is 0 Å². The number of amides is 1. The van der Waals surface area contributed by atoms with Crippen molar-refractivity contribution in [3.63, 3.8) is 0 Å². The van der Waals surface area contributed by atoms with Crippen LogP contribution in [-0.4, -0.2) is 35.0 Å². The first-order chi connectivity index (χ1) is 10.2. The summed E-state index contributed by atoms with van der Waals surface area (Å²) in [6.07, 6.45) is 4.71. The second-order valence-electron chi connectivity index (χ2n) is 5.86. The summed E-state index contributed by atoms with van der Waals surface area (Å²) in [5.41, 5.74) is 2.42. The number of hydrogen-bond donors (Lipinski definition) is 1. The lowest BCUT2D eigenvalue weighted by molar-refractivity contribution is -0.130. The van der Waals surface area contributed by atoms with Crippen molar-refractivity contribution in [1.82, 2.24) is 14.8 Å². The number of para-hydroxylation sites is 1. The third kappa shape index (κ3) is 3.10. The van der Waals surface area contributed by atoms with Gasteiger partial charge < -0.3 is 14.8 Å². The molecule has 4 heteroatoms. The quantitative estimate of drug-likeness (QED) is 0.885. The van der Waals surface area contributed by atoms with Crippen LogP contribution >= 0.6 is 0 Å². The first-order valence-corrected chi connectivity index (χ1v) is 7.73. The molecule has 1 aromatic carbocycles. The lowest BCUT2D eigenvalue weighted by Gasteiger charge is -2.15. The Morgan fingerprint density at radius 3 is 2.86 bits per heavy atom. The Balaban J connectivity index is 1.85. The van der Waals surface area contributed by atoms with Crippen molar-refractivity contribution in [1.29, 1.82) is 0 Å². The second-order valence-corrected chi connectivity index (χ2v) is 5.86. The predicted octanol–water partition coefficient (Wildman–Crippen LogP) is 2.37. The van der Waals surface area contributed by atoms with Crippen LogP contribution in [0, 0.1) is 0 Å². The number of nitrogens with zero attached hydrogens (tertiary/aromatic N) is 2. The van der Waals surface area contributed by atoms with Crippen LogP contribution in [0.3, 0.4) is 0 Å². The average molecular weight is 285 g/mol. The van der Waals surface area contributed by atoms with Crippen LogP contribution in [0.1, 0.15) is 25.3 Å². The standard InChI is InChI=1S/C17H23N3O/c1-3-19(2)17(21)12-20-11-13(10-18-14-8-9-14)15-6-4-5-7-16(15)20/h4-7,11,14,18H,3,8-10,12H2,1-2H3. The molecule has 3 rings (SSSR count). The minimum Gasteiger partial charge on any atom is -0.344 e. The van der Waals surface area contributed by atoms with E-state index in [1.54, 1.807) is 4.90 Å². The van der Waals surface area contributed by atoms with E-state index in [1.807, 2.05) is 20.0 Å². The lowest BCUT2D eigenvalue weighted by atomic mass is 10.2. The van der Waals surface area contributed by atoms with Gasteiger partial charge in [-0.2, -0.15) is 0 Å². The van der Waals surface area contributed by atoms with E-state index in [0.717, 1.165) is 18.6 Å². The third-order valence-electron chi connectivity index (χ3n) is 4.24. The fraction of sp³-hybridized carbons (Fsp3) is 0.471. The lowest BCUT2D eigenvalue weighted by Crippen LogP contribution is -2.29. The Morgan fingerprint density at radius 2 is 2.14 bits per heavy atom. The van der Waals surface area contributed by atoms with E-state index in [0.29, 0.717) is 12.6 Å². The largest absolute Gasteiger partial charge is 0.344 e. The molecule has 0 spiro atoms. The van der Waals surface area contributed by atoms with Crippen molar-refractivity contribution in [3.05, 3.63) is 36.0 Å². The topological polar surface area (TPSA) is 37.3 Å². The summed E-state index contributed by atoms with van der Waals surface area (Å²) in [6.45, 7) is 4.04. The monoisotopic (exact) mass is 285 g/mol. The molecule has 0 aliphatic heterocycles. The van der Waals surface area contributed by atoms with E-state index in [-0.39, 0.29) is 5.91 Å². The summed E-state index contributed by atoms with van der Waals surface area (Å²) in [6, 6.07) is 9.02. The van der Waals surface area contributed by atoms with E-state index in [4.69, 9.17) is 0 Å². The van der Waals surface area contributed by atoms with E-state index < -0.39 is 0 Å². The molecule has 112 valence electrons. The second kappa shape index (κ2) is 5.90. The summed E-state index contributed by atoms with van der Waals surface area (Å²) >= 11 is 0. The highest BCUT2D eigenvalue weighted by atomic mass is 16.2. The fourth-order valence-corrected chi connectivity index (χ4v) is 2.58. The Bertz CT molecular complexity index is 643. The van der Waals surface area contributed by atoms with E-state index in [1.165, 1.54) is 23.8 Å². The Labute approximate surface area is 125 Å². The number of likely N-dealkylation sites (N-methyl/N-ethyl adjacent to an activating group) is 1. The predicted molar refractivity (Wildman–Crippen MR) is 85.1 cm³/mol. The summed E-state index contributed by atoms with van der Waals surface area (Å²) in [7, 11) is 1.85. The number of benzene rings is 1. The first-order valence-electron chi connectivity index (χ1n) is 7.73. The van der Waals surface area contributed by atoms with Gasteiger partial charge in [0.1, 0.15) is 6.54 Å². The number of fused-ring (bicyclic) bond motifs is 1. The van der Waals surface area contributed by atoms with Crippen LogP contribution in [0.4, 0.5) is 0 Å². The normalized spacial score (nSPS) is 14.6. The summed E-state index contributed by atoms with van der Waals surface area (Å²) in [5, 5.41) is 4.80. The Morgan fingerprint density at radius 1 is 1.38 bits per heavy atom. The molecule has 2 aromatic rings. The first kappa shape index (κ1) is 14.1. The molecule has 1 aromatic heterocycles. The minimum absolute atomic E-state index is 0.153. The highest BCUT2D eigenvalue weighted by Gasteiger charge is 2.21. The molecule has 1 amide bonds. The fourth-order valence-electron chi connectivity index (χ4n) is 2.58. The SMILES string of the molecule is CCN(C)C(=O)Cn1cc(CNC2CC2)c2ccccc21. The van der Waals surface area contributed by atoms with Crippen LogP contribution in [0.15, 0.2) is 30.5 Å². The molecule has 1 fully saturated rings. The molecular weight excluding hydrogens is 262 g/mol. The van der Waals surface area contributed by atoms with Crippen molar-refractivity contribution in [3.8, 4) is 0 Å². The van der Waals surface area contributed by atoms with Gasteiger partial charge in [-0.1, -0.05) is 18.2 Å². The van der Waals surface area contributed by atoms with Gasteiger partial charge in [0.05, 0.1) is 0 Å². The van der Waals surface area contributed by atoms with Gasteiger partial charge in [-0.3, -0.25) is 4.79 Å². The van der Waals surface area contributed by atoms with E-state index in [9.17, 15) is 4.79 Å². The number of aromatic nitrogens is 1. The number of carbonyl (C=O) groups excluding carboxylic acids is 1. The summed E-state index contributed by atoms with van der Waals surface area (Å²) in [5.74, 6) is 0.153. The molecule has 21 heavy (non-hydrogen) atoms. The number of hydrogen-bond acceptors (Lipinski definition) is 2. The van der Waals surface area contributed by atoms with E-state index in [2.05, 4.69) is 34.3 Å². The number of rotatable bonds is 6. The summed E-state index contributed by atoms with van der Waals surface area (Å²) < 4.78 is 2.08. The zero-order valence-corrected chi connectivity index (χ0v) is 12.8. The highest BCUT2D eigenvalue weighted by Crippen LogP contribution is 2.24. The van der Waals surface area contributed by atoms with Gasteiger partial charge in [-0.05, 0) is 31.4 Å². The maximum Gasteiger partial charge on any atom is 0.242 e. The third-order valence-corrected chi connectivity index (χ3v) is 4.24. The van der Waals surface area contributed by atoms with Crippen molar-refractivity contribution in [2.45, 2.75) is 38.9 Å². The highest BCUT2D eigenvalue weighted by molar-refractivity contribution is 5.86. The molecule has 1 aliphatic carbocycles. The van der Waals surface area contributed by atoms with Crippen molar-refractivity contribution in [2.24, 2.45) is 0 Å². The van der Waals surface area contributed by atoms with Crippen LogP contribution in [0.5, 0.6) is 0 Å². The summed E-state index contributed by atoms with van der Waals surface area (Å²) in [4.78, 5) is 13.9. The van der Waals surface area contributed by atoms with Gasteiger partial charge in [0.25, 0.3) is 0 Å². The maximum absolute atomic E-state index is 12.2. The van der Waals surface area contributed by atoms with Crippen molar-refractivity contribution in [2.75, 3.05) is 13.6 Å². The van der Waals surface area contributed by atoms with Crippen molar-refractivity contribution >= 4 is 16.8 Å². The number of carbonyl (C=O) groups is 1. The Hall–Kier alpha value is -1.81. The van der Waals surface area contributed by atoms with Crippen LogP contribution in [0.25, 0.3) is 10.9 Å². The molecule has 0 saturated heterocycles. The molecule has 0 bridgehead atoms. The molecule has 1 saturated carbocycles. The van der Waals surface area contributed by atoms with Crippen LogP contribution in [-0.2, 0) is 17.9 Å².